The van der Waals surface area contributed by atoms with Crippen LogP contribution < -0.4 is 4.74 Å². The van der Waals surface area contributed by atoms with Crippen LogP contribution in [0, 0.1) is 5.92 Å². The van der Waals surface area contributed by atoms with Crippen LogP contribution in [0.3, 0.4) is 0 Å². The lowest BCUT2D eigenvalue weighted by Crippen LogP contribution is -2.27. The molecule has 1 aliphatic rings. The van der Waals surface area contributed by atoms with Crippen LogP contribution in [-0.2, 0) is 16.2 Å². The summed E-state index contributed by atoms with van der Waals surface area (Å²) in [5.74, 6) is 0.540. The number of hydroxylamine groups is 2. The first kappa shape index (κ1) is 15.3. The van der Waals surface area contributed by atoms with Gasteiger partial charge in [-0.15, -0.1) is 0 Å². The summed E-state index contributed by atoms with van der Waals surface area (Å²) in [4.78, 5) is 18.1. The predicted molar refractivity (Wildman–Crippen MR) is 88.2 cm³/mol. The van der Waals surface area contributed by atoms with Crippen molar-refractivity contribution in [3.8, 4) is 5.75 Å². The molecular weight excluding hydrogens is 290 g/mol. The second kappa shape index (κ2) is 6.67. The molecule has 0 bridgehead atoms. The molecule has 0 saturated heterocycles. The van der Waals surface area contributed by atoms with Crippen molar-refractivity contribution in [3.05, 3.63) is 71.8 Å². The molecule has 0 fully saturated rings. The topological polar surface area (TPSA) is 38.8 Å². The van der Waals surface area contributed by atoms with Crippen molar-refractivity contribution in [1.82, 2.24) is 5.06 Å². The minimum Gasteiger partial charge on any atom is -0.497 e. The van der Waals surface area contributed by atoms with Crippen molar-refractivity contribution in [1.29, 1.82) is 0 Å². The number of hydrogen-bond acceptors (Lipinski definition) is 3. The minimum absolute atomic E-state index is 0.0493. The Labute approximate surface area is 135 Å². The lowest BCUT2D eigenvalue weighted by atomic mass is 10.1. The number of hydrogen-bond donors (Lipinski definition) is 0. The van der Waals surface area contributed by atoms with Gasteiger partial charge in [0.2, 0.25) is 0 Å². The molecule has 118 valence electrons. The molecule has 0 N–H and O–H groups in total. The van der Waals surface area contributed by atoms with Gasteiger partial charge in [-0.3, -0.25) is 9.63 Å². The molecule has 1 aliphatic heterocycles. The molecule has 0 saturated carbocycles. The Bertz CT molecular complexity index is 707. The normalized spacial score (nSPS) is 17.3. The van der Waals surface area contributed by atoms with Gasteiger partial charge in [0.1, 0.15) is 12.4 Å². The van der Waals surface area contributed by atoms with E-state index >= 15 is 0 Å². The van der Waals surface area contributed by atoms with Gasteiger partial charge in [-0.1, -0.05) is 30.3 Å². The zero-order valence-electron chi connectivity index (χ0n) is 13.2. The van der Waals surface area contributed by atoms with Gasteiger partial charge >= 0.3 is 0 Å². The van der Waals surface area contributed by atoms with E-state index < -0.39 is 0 Å². The second-order valence-corrected chi connectivity index (χ2v) is 5.46. The Morgan fingerprint density at radius 2 is 1.74 bits per heavy atom. The highest BCUT2D eigenvalue weighted by Crippen LogP contribution is 2.31. The lowest BCUT2D eigenvalue weighted by Gasteiger charge is -2.20. The Morgan fingerprint density at radius 1 is 1.04 bits per heavy atom. The van der Waals surface area contributed by atoms with Crippen LogP contribution >= 0.6 is 0 Å². The van der Waals surface area contributed by atoms with Crippen molar-refractivity contribution in [2.45, 2.75) is 13.5 Å². The molecule has 4 nitrogen and oxygen atoms in total. The number of nitrogens with zero attached hydrogens (tertiary/aromatic N) is 1. The Morgan fingerprint density at radius 3 is 2.39 bits per heavy atom. The van der Waals surface area contributed by atoms with Crippen molar-refractivity contribution in [2.24, 2.45) is 5.92 Å². The van der Waals surface area contributed by atoms with Gasteiger partial charge in [-0.25, -0.2) is 0 Å². The van der Waals surface area contributed by atoms with E-state index in [1.165, 1.54) is 5.06 Å². The van der Waals surface area contributed by atoms with Crippen molar-refractivity contribution < 1.29 is 14.4 Å². The first-order valence-electron chi connectivity index (χ1n) is 7.56. The number of amides is 1. The highest BCUT2D eigenvalue weighted by atomic mass is 16.7. The average Bonchev–Trinajstić information content (AvgIpc) is 2.89. The summed E-state index contributed by atoms with van der Waals surface area (Å²) >= 11 is 0. The molecule has 0 spiro atoms. The first-order chi connectivity index (χ1) is 11.2. The lowest BCUT2D eigenvalue weighted by molar-refractivity contribution is -0.169. The summed E-state index contributed by atoms with van der Waals surface area (Å²) in [6.07, 6.45) is 1.93. The molecule has 1 heterocycles. The van der Waals surface area contributed by atoms with Gasteiger partial charge in [-0.2, -0.15) is 5.06 Å². The highest BCUT2D eigenvalue weighted by molar-refractivity contribution is 5.94. The van der Waals surface area contributed by atoms with Gasteiger partial charge in [0, 0.05) is 5.56 Å². The predicted octanol–water partition coefficient (Wildman–Crippen LogP) is 3.65. The van der Waals surface area contributed by atoms with E-state index in [1.807, 2.05) is 67.6 Å². The number of carbonyl (C=O) groups excluding carboxylic acids is 1. The molecule has 4 heteroatoms. The number of benzene rings is 2. The van der Waals surface area contributed by atoms with Gasteiger partial charge < -0.3 is 4.74 Å². The third kappa shape index (κ3) is 3.27. The quantitative estimate of drug-likeness (QED) is 0.846. The number of carbonyl (C=O) groups is 1. The maximum Gasteiger partial charge on any atom is 0.257 e. The van der Waals surface area contributed by atoms with Gasteiger partial charge in [0.15, 0.2) is 0 Å². The van der Waals surface area contributed by atoms with Crippen LogP contribution in [-0.4, -0.2) is 18.1 Å². The van der Waals surface area contributed by atoms with E-state index in [-0.39, 0.29) is 11.8 Å². The number of rotatable bonds is 5. The third-order valence-electron chi connectivity index (χ3n) is 3.81. The largest absolute Gasteiger partial charge is 0.497 e. The zero-order chi connectivity index (χ0) is 16.2. The maximum absolute atomic E-state index is 12.4. The van der Waals surface area contributed by atoms with Crippen LogP contribution in [0.15, 0.2) is 60.7 Å². The van der Waals surface area contributed by atoms with Crippen LogP contribution in [0.5, 0.6) is 5.75 Å². The van der Waals surface area contributed by atoms with Gasteiger partial charge in [0.05, 0.1) is 18.7 Å². The van der Waals surface area contributed by atoms with E-state index in [4.69, 9.17) is 9.57 Å². The summed E-state index contributed by atoms with van der Waals surface area (Å²) in [6.45, 7) is 2.23. The molecule has 0 aromatic heterocycles. The molecule has 0 aliphatic carbocycles. The van der Waals surface area contributed by atoms with Crippen LogP contribution in [0.25, 0.3) is 5.70 Å². The smallest absolute Gasteiger partial charge is 0.257 e. The monoisotopic (exact) mass is 309 g/mol. The van der Waals surface area contributed by atoms with E-state index in [2.05, 4.69) is 0 Å². The van der Waals surface area contributed by atoms with Crippen molar-refractivity contribution in [3.63, 3.8) is 0 Å². The fourth-order valence-corrected chi connectivity index (χ4v) is 2.50. The molecule has 1 amide bonds. The molecule has 0 radical (unpaired) electrons. The Balaban J connectivity index is 1.79. The molecule has 2 aromatic rings. The summed E-state index contributed by atoms with van der Waals surface area (Å²) in [7, 11) is 1.63. The molecule has 1 unspecified atom stereocenters. The van der Waals surface area contributed by atoms with Crippen LogP contribution in [0.1, 0.15) is 18.1 Å². The molecule has 2 aromatic carbocycles. The number of ether oxygens (including phenoxy) is 1. The molecule has 1 atom stereocenters. The Kier molecular flexibility index (Phi) is 4.44. The molecule has 23 heavy (non-hydrogen) atoms. The second-order valence-electron chi connectivity index (χ2n) is 5.46. The first-order valence-corrected chi connectivity index (χ1v) is 7.56. The standard InChI is InChI=1S/C19H19NO3/c1-14-12-18(16-8-10-17(22-2)11-9-16)20(19(14)21)23-13-15-6-4-3-5-7-15/h3-12,14H,13H2,1-2H3. The highest BCUT2D eigenvalue weighted by Gasteiger charge is 2.31. The molecule has 3 rings (SSSR count). The maximum atomic E-state index is 12.4. The summed E-state index contributed by atoms with van der Waals surface area (Å²) in [5, 5.41) is 1.40. The van der Waals surface area contributed by atoms with E-state index in [9.17, 15) is 4.79 Å². The van der Waals surface area contributed by atoms with E-state index in [0.29, 0.717) is 6.61 Å². The SMILES string of the molecule is COc1ccc(C2=CC(C)C(=O)N2OCc2ccccc2)cc1. The summed E-state index contributed by atoms with van der Waals surface area (Å²) in [5.41, 5.74) is 2.73. The Hall–Kier alpha value is -2.59. The van der Waals surface area contributed by atoms with Crippen molar-refractivity contribution in [2.75, 3.05) is 7.11 Å². The van der Waals surface area contributed by atoms with Crippen LogP contribution in [0.2, 0.25) is 0 Å². The summed E-state index contributed by atoms with van der Waals surface area (Å²) in [6, 6.07) is 17.4. The number of methoxy groups -OCH3 is 1. The fraction of sp³-hybridized carbons (Fsp3) is 0.211. The van der Waals surface area contributed by atoms with Crippen molar-refractivity contribution >= 4 is 11.6 Å². The van der Waals surface area contributed by atoms with E-state index in [1.54, 1.807) is 7.11 Å². The fourth-order valence-electron chi connectivity index (χ4n) is 2.50. The third-order valence-corrected chi connectivity index (χ3v) is 3.81. The van der Waals surface area contributed by atoms with Gasteiger partial charge in [-0.05, 0) is 42.8 Å². The summed E-state index contributed by atoms with van der Waals surface area (Å²) < 4.78 is 5.17. The van der Waals surface area contributed by atoms with Crippen LogP contribution in [0.4, 0.5) is 0 Å². The minimum atomic E-state index is -0.192. The molecular formula is C19H19NO3. The average molecular weight is 309 g/mol. The zero-order valence-corrected chi connectivity index (χ0v) is 13.2. The van der Waals surface area contributed by atoms with E-state index in [0.717, 1.165) is 22.6 Å². The van der Waals surface area contributed by atoms with Gasteiger partial charge in [0.25, 0.3) is 5.91 Å².